The SMILES string of the molecule is Cc1ccc(Cl)cc1NC(=O)C(=O)N(c1ccccc1)c1ccc(N)cc1. The highest BCUT2D eigenvalue weighted by atomic mass is 35.5. The highest BCUT2D eigenvalue weighted by molar-refractivity contribution is 6.45. The van der Waals surface area contributed by atoms with E-state index in [4.69, 9.17) is 17.3 Å². The average molecular weight is 380 g/mol. The van der Waals surface area contributed by atoms with Crippen molar-refractivity contribution in [1.82, 2.24) is 0 Å². The van der Waals surface area contributed by atoms with Crippen LogP contribution in [0.25, 0.3) is 0 Å². The van der Waals surface area contributed by atoms with Gasteiger partial charge in [0.2, 0.25) is 0 Å². The van der Waals surface area contributed by atoms with E-state index in [0.29, 0.717) is 27.8 Å². The fourth-order valence-electron chi connectivity index (χ4n) is 2.59. The number of hydrogen-bond acceptors (Lipinski definition) is 3. The maximum absolute atomic E-state index is 13.0. The lowest BCUT2D eigenvalue weighted by Gasteiger charge is -2.22. The van der Waals surface area contributed by atoms with Crippen LogP contribution < -0.4 is 16.0 Å². The molecule has 0 heterocycles. The number of carbonyl (C=O) groups is 2. The zero-order valence-electron chi connectivity index (χ0n) is 14.6. The zero-order valence-corrected chi connectivity index (χ0v) is 15.4. The van der Waals surface area contributed by atoms with Crippen LogP contribution in [0.3, 0.4) is 0 Å². The van der Waals surface area contributed by atoms with Gasteiger partial charge < -0.3 is 11.1 Å². The van der Waals surface area contributed by atoms with E-state index >= 15 is 0 Å². The van der Waals surface area contributed by atoms with Crippen LogP contribution in [0.15, 0.2) is 72.8 Å². The minimum Gasteiger partial charge on any atom is -0.399 e. The lowest BCUT2D eigenvalue weighted by molar-refractivity contribution is -0.134. The summed E-state index contributed by atoms with van der Waals surface area (Å²) in [6.45, 7) is 1.82. The monoisotopic (exact) mass is 379 g/mol. The summed E-state index contributed by atoms with van der Waals surface area (Å²) in [5.41, 5.74) is 8.72. The number of nitrogens with one attached hydrogen (secondary N) is 1. The maximum Gasteiger partial charge on any atom is 0.321 e. The molecule has 3 aromatic carbocycles. The molecule has 6 heteroatoms. The quantitative estimate of drug-likeness (QED) is 0.518. The second kappa shape index (κ2) is 7.93. The van der Waals surface area contributed by atoms with Gasteiger partial charge in [-0.3, -0.25) is 14.5 Å². The van der Waals surface area contributed by atoms with Gasteiger partial charge in [-0.25, -0.2) is 0 Å². The number of nitrogens with two attached hydrogens (primary N) is 1. The molecule has 0 aromatic heterocycles. The van der Waals surface area contributed by atoms with E-state index in [1.54, 1.807) is 66.7 Å². The smallest absolute Gasteiger partial charge is 0.321 e. The number of hydrogen-bond donors (Lipinski definition) is 2. The third-order valence-corrected chi connectivity index (χ3v) is 4.25. The third-order valence-electron chi connectivity index (χ3n) is 4.01. The van der Waals surface area contributed by atoms with Crippen molar-refractivity contribution in [3.63, 3.8) is 0 Å². The first-order chi connectivity index (χ1) is 13.0. The van der Waals surface area contributed by atoms with E-state index in [1.807, 2.05) is 13.0 Å². The van der Waals surface area contributed by atoms with Gasteiger partial charge in [0.15, 0.2) is 0 Å². The number of nitrogens with zero attached hydrogens (tertiary/aromatic N) is 1. The molecule has 0 fully saturated rings. The summed E-state index contributed by atoms with van der Waals surface area (Å²) in [6.07, 6.45) is 0. The highest BCUT2D eigenvalue weighted by Crippen LogP contribution is 2.27. The van der Waals surface area contributed by atoms with Gasteiger partial charge in [0.1, 0.15) is 0 Å². The Balaban J connectivity index is 1.94. The predicted octanol–water partition coefficient (Wildman–Crippen LogP) is 4.53. The number of para-hydroxylation sites is 1. The summed E-state index contributed by atoms with van der Waals surface area (Å²) < 4.78 is 0. The molecule has 0 saturated carbocycles. The number of anilines is 4. The fraction of sp³-hybridized carbons (Fsp3) is 0.0476. The van der Waals surface area contributed by atoms with Gasteiger partial charge in [0.25, 0.3) is 0 Å². The average Bonchev–Trinajstić information content (AvgIpc) is 2.67. The number of rotatable bonds is 3. The van der Waals surface area contributed by atoms with Gasteiger partial charge in [-0.05, 0) is 61.0 Å². The maximum atomic E-state index is 13.0. The van der Waals surface area contributed by atoms with Crippen LogP contribution in [-0.2, 0) is 9.59 Å². The van der Waals surface area contributed by atoms with Gasteiger partial charge in [-0.15, -0.1) is 0 Å². The molecule has 0 spiro atoms. The summed E-state index contributed by atoms with van der Waals surface area (Å²) >= 11 is 5.99. The van der Waals surface area contributed by atoms with E-state index < -0.39 is 11.8 Å². The Morgan fingerprint density at radius 3 is 2.22 bits per heavy atom. The van der Waals surface area contributed by atoms with Crippen LogP contribution in [0.5, 0.6) is 0 Å². The fourth-order valence-corrected chi connectivity index (χ4v) is 2.76. The largest absolute Gasteiger partial charge is 0.399 e. The Hall–Kier alpha value is -3.31. The van der Waals surface area contributed by atoms with Gasteiger partial charge in [-0.2, -0.15) is 0 Å². The molecule has 0 radical (unpaired) electrons. The van der Waals surface area contributed by atoms with Crippen molar-refractivity contribution in [2.45, 2.75) is 6.92 Å². The molecule has 3 N–H and O–H groups in total. The van der Waals surface area contributed by atoms with Gasteiger partial charge >= 0.3 is 11.8 Å². The molecule has 3 rings (SSSR count). The van der Waals surface area contributed by atoms with Crippen molar-refractivity contribution in [1.29, 1.82) is 0 Å². The summed E-state index contributed by atoms with van der Waals surface area (Å²) in [6, 6.07) is 20.8. The van der Waals surface area contributed by atoms with Crippen LogP contribution >= 0.6 is 11.6 Å². The zero-order chi connectivity index (χ0) is 19.4. The Morgan fingerprint density at radius 1 is 0.926 bits per heavy atom. The van der Waals surface area contributed by atoms with Crippen molar-refractivity contribution < 1.29 is 9.59 Å². The molecular weight excluding hydrogens is 362 g/mol. The number of aryl methyl sites for hydroxylation is 1. The lowest BCUT2D eigenvalue weighted by Crippen LogP contribution is -2.36. The van der Waals surface area contributed by atoms with E-state index in [9.17, 15) is 9.59 Å². The van der Waals surface area contributed by atoms with E-state index in [0.717, 1.165) is 5.56 Å². The third kappa shape index (κ3) is 4.27. The number of carbonyl (C=O) groups excluding carboxylic acids is 2. The molecule has 5 nitrogen and oxygen atoms in total. The molecule has 0 bridgehead atoms. The summed E-state index contributed by atoms with van der Waals surface area (Å²) in [4.78, 5) is 27.0. The van der Waals surface area contributed by atoms with Crippen molar-refractivity contribution >= 4 is 46.2 Å². The molecule has 0 unspecified atom stereocenters. The van der Waals surface area contributed by atoms with E-state index in [1.165, 1.54) is 4.90 Å². The minimum absolute atomic E-state index is 0.474. The van der Waals surface area contributed by atoms with Crippen molar-refractivity contribution in [3.8, 4) is 0 Å². The Bertz CT molecular complexity index is 972. The Kier molecular flexibility index (Phi) is 5.43. The van der Waals surface area contributed by atoms with Crippen LogP contribution in [-0.4, -0.2) is 11.8 Å². The van der Waals surface area contributed by atoms with Crippen molar-refractivity contribution in [3.05, 3.63) is 83.4 Å². The number of amides is 2. The van der Waals surface area contributed by atoms with Crippen LogP contribution in [0.1, 0.15) is 5.56 Å². The van der Waals surface area contributed by atoms with E-state index in [2.05, 4.69) is 5.32 Å². The van der Waals surface area contributed by atoms with Gasteiger partial charge in [0.05, 0.1) is 0 Å². The molecule has 27 heavy (non-hydrogen) atoms. The number of benzene rings is 3. The first-order valence-corrected chi connectivity index (χ1v) is 8.65. The second-order valence-electron chi connectivity index (χ2n) is 5.98. The first kappa shape index (κ1) is 18.5. The standard InChI is InChI=1S/C21H18ClN3O2/c1-14-7-8-15(22)13-19(14)24-20(26)21(27)25(17-5-3-2-4-6-17)18-11-9-16(23)10-12-18/h2-13H,23H2,1H3,(H,24,26). The molecule has 2 amide bonds. The summed E-state index contributed by atoms with van der Waals surface area (Å²) in [5, 5.41) is 3.12. The molecule has 3 aromatic rings. The van der Waals surface area contributed by atoms with Gasteiger partial charge in [0, 0.05) is 27.8 Å². The summed E-state index contributed by atoms with van der Waals surface area (Å²) in [5.74, 6) is -1.48. The highest BCUT2D eigenvalue weighted by Gasteiger charge is 2.25. The normalized spacial score (nSPS) is 10.3. The molecule has 0 saturated heterocycles. The second-order valence-corrected chi connectivity index (χ2v) is 6.42. The van der Waals surface area contributed by atoms with Crippen molar-refractivity contribution in [2.24, 2.45) is 0 Å². The lowest BCUT2D eigenvalue weighted by atomic mass is 10.2. The number of halogens is 1. The van der Waals surface area contributed by atoms with Crippen LogP contribution in [0, 0.1) is 6.92 Å². The Labute approximate surface area is 162 Å². The molecule has 0 aliphatic carbocycles. The molecule has 0 atom stereocenters. The topological polar surface area (TPSA) is 75.4 Å². The summed E-state index contributed by atoms with van der Waals surface area (Å²) in [7, 11) is 0. The predicted molar refractivity (Wildman–Crippen MR) is 109 cm³/mol. The molecule has 0 aliphatic rings. The van der Waals surface area contributed by atoms with Crippen molar-refractivity contribution in [2.75, 3.05) is 16.0 Å². The van der Waals surface area contributed by atoms with Gasteiger partial charge in [-0.1, -0.05) is 35.9 Å². The van der Waals surface area contributed by atoms with Crippen LogP contribution in [0.4, 0.5) is 22.7 Å². The Morgan fingerprint density at radius 2 is 1.56 bits per heavy atom. The minimum atomic E-state index is -0.763. The van der Waals surface area contributed by atoms with E-state index in [-0.39, 0.29) is 0 Å². The van der Waals surface area contributed by atoms with Crippen LogP contribution in [0.2, 0.25) is 5.02 Å². The molecule has 0 aliphatic heterocycles. The molecule has 136 valence electrons. The number of nitrogen functional groups attached to an aromatic ring is 1. The first-order valence-electron chi connectivity index (χ1n) is 8.28. The molecular formula is C21H18ClN3O2.